The zero-order valence-electron chi connectivity index (χ0n) is 15.0. The van der Waals surface area contributed by atoms with E-state index in [0.29, 0.717) is 24.8 Å². The van der Waals surface area contributed by atoms with Crippen LogP contribution in [0.4, 0.5) is 5.82 Å². The van der Waals surface area contributed by atoms with Crippen LogP contribution in [0.25, 0.3) is 0 Å². The lowest BCUT2D eigenvalue weighted by atomic mass is 9.98. The van der Waals surface area contributed by atoms with Crippen LogP contribution in [0.3, 0.4) is 0 Å². The molecule has 1 aliphatic rings. The number of carbonyl (C=O) groups excluding carboxylic acids is 1. The van der Waals surface area contributed by atoms with Gasteiger partial charge in [-0.25, -0.2) is 4.63 Å². The van der Waals surface area contributed by atoms with Crippen LogP contribution in [0, 0.1) is 13.8 Å². The molecular formula is C18H25N5O2. The Morgan fingerprint density at radius 3 is 2.56 bits per heavy atom. The number of amides is 1. The van der Waals surface area contributed by atoms with E-state index in [0.717, 1.165) is 13.1 Å². The summed E-state index contributed by atoms with van der Waals surface area (Å²) in [7, 11) is 0. The van der Waals surface area contributed by atoms with Gasteiger partial charge in [-0.15, -0.1) is 0 Å². The highest BCUT2D eigenvalue weighted by Gasteiger charge is 2.26. The fraction of sp³-hybridized carbons (Fsp3) is 0.500. The molecule has 1 unspecified atom stereocenters. The summed E-state index contributed by atoms with van der Waals surface area (Å²) in [6.45, 7) is 9.63. The SMILES string of the molecule is Cc1ccc(C(C)N2CCN(C(=O)Cc3nonc3N)CC2)c(C)c1. The molecule has 7 nitrogen and oxygen atoms in total. The van der Waals surface area contributed by atoms with Gasteiger partial charge in [0, 0.05) is 32.2 Å². The van der Waals surface area contributed by atoms with Gasteiger partial charge in [0.1, 0.15) is 5.69 Å². The van der Waals surface area contributed by atoms with Gasteiger partial charge in [0.05, 0.1) is 6.42 Å². The van der Waals surface area contributed by atoms with Crippen LogP contribution >= 0.6 is 0 Å². The average molecular weight is 343 g/mol. The van der Waals surface area contributed by atoms with E-state index in [9.17, 15) is 4.79 Å². The smallest absolute Gasteiger partial charge is 0.228 e. The summed E-state index contributed by atoms with van der Waals surface area (Å²) < 4.78 is 4.55. The highest BCUT2D eigenvalue weighted by atomic mass is 16.6. The van der Waals surface area contributed by atoms with Crippen molar-refractivity contribution >= 4 is 11.7 Å². The van der Waals surface area contributed by atoms with Gasteiger partial charge in [0.2, 0.25) is 5.91 Å². The number of benzene rings is 1. The summed E-state index contributed by atoms with van der Waals surface area (Å²) in [5, 5.41) is 7.19. The van der Waals surface area contributed by atoms with E-state index >= 15 is 0 Å². The van der Waals surface area contributed by atoms with Crippen LogP contribution in [-0.4, -0.2) is 52.2 Å². The van der Waals surface area contributed by atoms with Gasteiger partial charge in [0.25, 0.3) is 0 Å². The van der Waals surface area contributed by atoms with E-state index < -0.39 is 0 Å². The number of hydrogen-bond acceptors (Lipinski definition) is 6. The molecule has 1 aromatic heterocycles. The van der Waals surface area contributed by atoms with Gasteiger partial charge in [-0.3, -0.25) is 9.69 Å². The van der Waals surface area contributed by atoms with E-state index in [1.54, 1.807) is 0 Å². The first-order valence-electron chi connectivity index (χ1n) is 8.61. The molecule has 1 fully saturated rings. The monoisotopic (exact) mass is 343 g/mol. The third-order valence-electron chi connectivity index (χ3n) is 4.99. The van der Waals surface area contributed by atoms with Crippen molar-refractivity contribution in [1.82, 2.24) is 20.1 Å². The molecule has 0 aliphatic carbocycles. The zero-order valence-corrected chi connectivity index (χ0v) is 15.0. The first-order chi connectivity index (χ1) is 12.0. The van der Waals surface area contributed by atoms with Gasteiger partial charge in [-0.05, 0) is 37.1 Å². The predicted molar refractivity (Wildman–Crippen MR) is 94.9 cm³/mol. The first-order valence-corrected chi connectivity index (χ1v) is 8.61. The van der Waals surface area contributed by atoms with Crippen molar-refractivity contribution in [1.29, 1.82) is 0 Å². The Bertz CT molecular complexity index is 750. The second-order valence-electron chi connectivity index (χ2n) is 6.73. The number of nitrogens with zero attached hydrogens (tertiary/aromatic N) is 4. The van der Waals surface area contributed by atoms with Crippen molar-refractivity contribution in [3.05, 3.63) is 40.6 Å². The van der Waals surface area contributed by atoms with Crippen molar-refractivity contribution in [2.75, 3.05) is 31.9 Å². The largest absolute Gasteiger partial charge is 0.379 e. The average Bonchev–Trinajstić information content (AvgIpc) is 2.99. The molecule has 0 bridgehead atoms. The lowest BCUT2D eigenvalue weighted by Crippen LogP contribution is -2.49. The van der Waals surface area contributed by atoms with Crippen molar-refractivity contribution in [3.63, 3.8) is 0 Å². The van der Waals surface area contributed by atoms with Crippen LogP contribution in [0.1, 0.15) is 35.3 Å². The number of aromatic nitrogens is 2. The Balaban J connectivity index is 1.57. The molecule has 2 aromatic rings. The number of aryl methyl sites for hydroxylation is 2. The number of hydrogen-bond donors (Lipinski definition) is 1. The maximum atomic E-state index is 12.4. The number of nitrogen functional groups attached to an aromatic ring is 1. The summed E-state index contributed by atoms with van der Waals surface area (Å²) >= 11 is 0. The van der Waals surface area contributed by atoms with Crippen molar-refractivity contribution in [3.8, 4) is 0 Å². The quantitative estimate of drug-likeness (QED) is 0.909. The van der Waals surface area contributed by atoms with E-state index in [4.69, 9.17) is 5.73 Å². The highest BCUT2D eigenvalue weighted by Crippen LogP contribution is 2.25. The molecule has 1 aliphatic heterocycles. The summed E-state index contributed by atoms with van der Waals surface area (Å²) in [5.74, 6) is 0.205. The molecule has 7 heteroatoms. The molecule has 3 rings (SSSR count). The van der Waals surface area contributed by atoms with E-state index in [2.05, 4.69) is 58.8 Å². The second kappa shape index (κ2) is 7.23. The number of piperazine rings is 1. The standard InChI is InChI=1S/C18H25N5O2/c1-12-4-5-15(13(2)10-12)14(3)22-6-8-23(9-7-22)17(24)11-16-18(19)21-25-20-16/h4-5,10,14H,6-9,11H2,1-3H3,(H2,19,21). The van der Waals surface area contributed by atoms with Gasteiger partial charge < -0.3 is 10.6 Å². The number of anilines is 1. The predicted octanol–water partition coefficient (Wildman–Crippen LogP) is 1.72. The Labute approximate surface area is 147 Å². The fourth-order valence-electron chi connectivity index (χ4n) is 3.44. The minimum absolute atomic E-state index is 0.0150. The molecule has 2 N–H and O–H groups in total. The van der Waals surface area contributed by atoms with Crippen molar-refractivity contribution in [2.24, 2.45) is 0 Å². The van der Waals surface area contributed by atoms with Gasteiger partial charge in [0.15, 0.2) is 5.82 Å². The Hall–Kier alpha value is -2.41. The molecule has 1 saturated heterocycles. The van der Waals surface area contributed by atoms with Gasteiger partial charge in [-0.2, -0.15) is 0 Å². The number of carbonyl (C=O) groups is 1. The molecule has 0 saturated carbocycles. The normalized spacial score (nSPS) is 16.8. The van der Waals surface area contributed by atoms with Crippen LogP contribution in [-0.2, 0) is 11.2 Å². The third kappa shape index (κ3) is 3.82. The molecule has 1 aromatic carbocycles. The van der Waals surface area contributed by atoms with Crippen molar-refractivity contribution < 1.29 is 9.42 Å². The Morgan fingerprint density at radius 1 is 1.24 bits per heavy atom. The van der Waals surface area contributed by atoms with E-state index in [1.165, 1.54) is 16.7 Å². The molecule has 25 heavy (non-hydrogen) atoms. The second-order valence-corrected chi connectivity index (χ2v) is 6.73. The van der Waals surface area contributed by atoms with Crippen LogP contribution in [0.5, 0.6) is 0 Å². The van der Waals surface area contributed by atoms with E-state index in [-0.39, 0.29) is 18.1 Å². The minimum atomic E-state index is 0.0150. The molecule has 0 radical (unpaired) electrons. The van der Waals surface area contributed by atoms with Crippen LogP contribution < -0.4 is 5.73 Å². The van der Waals surface area contributed by atoms with Gasteiger partial charge in [-0.1, -0.05) is 28.9 Å². The third-order valence-corrected chi connectivity index (χ3v) is 4.99. The van der Waals surface area contributed by atoms with E-state index in [1.807, 2.05) is 4.90 Å². The molecular weight excluding hydrogens is 318 g/mol. The summed E-state index contributed by atoms with van der Waals surface area (Å²) in [4.78, 5) is 16.7. The maximum absolute atomic E-state index is 12.4. The molecule has 1 amide bonds. The maximum Gasteiger partial charge on any atom is 0.228 e. The van der Waals surface area contributed by atoms with Gasteiger partial charge >= 0.3 is 0 Å². The molecule has 0 spiro atoms. The summed E-state index contributed by atoms with van der Waals surface area (Å²) in [5.41, 5.74) is 9.99. The molecule has 1 atom stereocenters. The summed E-state index contributed by atoms with van der Waals surface area (Å²) in [6.07, 6.45) is 0.141. The Kier molecular flexibility index (Phi) is 5.03. The Morgan fingerprint density at radius 2 is 1.96 bits per heavy atom. The van der Waals surface area contributed by atoms with Crippen molar-refractivity contribution in [2.45, 2.75) is 33.2 Å². The van der Waals surface area contributed by atoms with Crippen LogP contribution in [0.15, 0.2) is 22.8 Å². The topological polar surface area (TPSA) is 88.5 Å². The minimum Gasteiger partial charge on any atom is -0.379 e. The highest BCUT2D eigenvalue weighted by molar-refractivity contribution is 5.79. The first kappa shape index (κ1) is 17.4. The number of rotatable bonds is 4. The summed E-state index contributed by atoms with van der Waals surface area (Å²) in [6, 6.07) is 6.94. The molecule has 134 valence electrons. The van der Waals surface area contributed by atoms with Crippen LogP contribution in [0.2, 0.25) is 0 Å². The zero-order chi connectivity index (χ0) is 18.0. The lowest BCUT2D eigenvalue weighted by molar-refractivity contribution is -0.132. The molecule has 2 heterocycles. The number of nitrogens with two attached hydrogens (primary N) is 1. The lowest BCUT2D eigenvalue weighted by Gasteiger charge is -2.38. The fourth-order valence-corrected chi connectivity index (χ4v) is 3.44.